The van der Waals surface area contributed by atoms with Gasteiger partial charge >= 0.3 is 0 Å². The number of hydrogen-bond acceptors (Lipinski definition) is 4. The van der Waals surface area contributed by atoms with Crippen LogP contribution in [0, 0.1) is 5.92 Å². The topological polar surface area (TPSA) is 40.8 Å². The van der Waals surface area contributed by atoms with E-state index in [2.05, 4.69) is 20.9 Å². The Balaban J connectivity index is 1.58. The quantitative estimate of drug-likeness (QED) is 0.941. The Morgan fingerprint density at radius 3 is 3.00 bits per heavy atom. The van der Waals surface area contributed by atoms with Gasteiger partial charge in [0.25, 0.3) is 0 Å². The predicted molar refractivity (Wildman–Crippen MR) is 80.1 cm³/mol. The number of thiazole rings is 1. The third kappa shape index (κ3) is 2.18. The van der Waals surface area contributed by atoms with Crippen LogP contribution in [0.5, 0.6) is 0 Å². The van der Waals surface area contributed by atoms with Crippen molar-refractivity contribution in [2.24, 2.45) is 5.92 Å². The van der Waals surface area contributed by atoms with Crippen LogP contribution in [0.4, 0.5) is 0 Å². The molecule has 4 rings (SSSR count). The van der Waals surface area contributed by atoms with Gasteiger partial charge in [0.05, 0.1) is 17.5 Å². The second-order valence-electron chi connectivity index (χ2n) is 6.30. The minimum absolute atomic E-state index is 0.186. The molecule has 2 atom stereocenters. The molecule has 4 nitrogen and oxygen atoms in total. The highest BCUT2D eigenvalue weighted by Crippen LogP contribution is 2.42. The molecule has 0 amide bonds. The highest BCUT2D eigenvalue weighted by Gasteiger charge is 2.32. The van der Waals surface area contributed by atoms with E-state index in [-0.39, 0.29) is 6.10 Å². The fourth-order valence-corrected chi connectivity index (χ4v) is 4.04. The van der Waals surface area contributed by atoms with Crippen LogP contribution in [0.15, 0.2) is 11.6 Å². The maximum absolute atomic E-state index is 9.74. The molecule has 2 aliphatic rings. The summed E-state index contributed by atoms with van der Waals surface area (Å²) >= 11 is 1.72. The third-order valence-corrected chi connectivity index (χ3v) is 5.48. The maximum atomic E-state index is 9.74. The van der Waals surface area contributed by atoms with E-state index >= 15 is 0 Å². The lowest BCUT2D eigenvalue weighted by molar-refractivity contribution is 0.127. The van der Waals surface area contributed by atoms with Gasteiger partial charge in [0.2, 0.25) is 0 Å². The molecule has 2 unspecified atom stereocenters. The lowest BCUT2D eigenvalue weighted by atomic mass is 10.0. The zero-order valence-electron chi connectivity index (χ0n) is 11.8. The lowest BCUT2D eigenvalue weighted by Gasteiger charge is -2.17. The Labute approximate surface area is 123 Å². The van der Waals surface area contributed by atoms with Gasteiger partial charge in [0.1, 0.15) is 0 Å². The number of likely N-dealkylation sites (tertiary alicyclic amines) is 1. The number of aliphatic hydroxyl groups is 1. The lowest BCUT2D eigenvalue weighted by Crippen LogP contribution is -2.24. The van der Waals surface area contributed by atoms with Crippen molar-refractivity contribution < 1.29 is 5.11 Å². The summed E-state index contributed by atoms with van der Waals surface area (Å²) in [6.45, 7) is 5.00. The first-order chi connectivity index (χ1) is 9.72. The molecule has 1 saturated heterocycles. The van der Waals surface area contributed by atoms with Gasteiger partial charge in [0.15, 0.2) is 4.96 Å². The molecule has 1 N–H and O–H groups in total. The molecule has 20 heavy (non-hydrogen) atoms. The van der Waals surface area contributed by atoms with Gasteiger partial charge in [-0.1, -0.05) is 0 Å². The van der Waals surface area contributed by atoms with E-state index < -0.39 is 0 Å². The summed E-state index contributed by atoms with van der Waals surface area (Å²) in [5.41, 5.74) is 2.72. The van der Waals surface area contributed by atoms with Crippen LogP contribution < -0.4 is 0 Å². The third-order valence-electron chi connectivity index (χ3n) is 4.72. The van der Waals surface area contributed by atoms with Gasteiger partial charge in [-0.05, 0) is 38.6 Å². The van der Waals surface area contributed by atoms with Crippen LogP contribution >= 0.6 is 11.3 Å². The number of imidazole rings is 1. The van der Waals surface area contributed by atoms with Gasteiger partial charge in [-0.3, -0.25) is 9.30 Å². The molecular formula is C15H21N3OS. The summed E-state index contributed by atoms with van der Waals surface area (Å²) < 4.78 is 2.27. The zero-order valence-corrected chi connectivity index (χ0v) is 12.6. The molecule has 1 aliphatic carbocycles. The Hall–Kier alpha value is -0.910. The highest BCUT2D eigenvalue weighted by atomic mass is 32.1. The van der Waals surface area contributed by atoms with E-state index in [1.165, 1.54) is 24.2 Å². The Bertz CT molecular complexity index is 614. The van der Waals surface area contributed by atoms with Crippen molar-refractivity contribution in [2.45, 2.75) is 44.8 Å². The van der Waals surface area contributed by atoms with E-state index in [0.717, 1.165) is 31.0 Å². The molecule has 108 valence electrons. The van der Waals surface area contributed by atoms with Crippen LogP contribution in [-0.2, 0) is 6.54 Å². The van der Waals surface area contributed by atoms with Gasteiger partial charge < -0.3 is 5.11 Å². The van der Waals surface area contributed by atoms with E-state index in [0.29, 0.717) is 11.8 Å². The first-order valence-corrected chi connectivity index (χ1v) is 8.45. The van der Waals surface area contributed by atoms with Crippen molar-refractivity contribution >= 4 is 16.3 Å². The summed E-state index contributed by atoms with van der Waals surface area (Å²) in [4.78, 5) is 8.45. The molecule has 0 aromatic carbocycles. The molecular weight excluding hydrogens is 270 g/mol. The fraction of sp³-hybridized carbons (Fsp3) is 0.667. The highest BCUT2D eigenvalue weighted by molar-refractivity contribution is 7.15. The summed E-state index contributed by atoms with van der Waals surface area (Å²) in [6, 6.07) is 0. The Kier molecular flexibility index (Phi) is 3.09. The summed E-state index contributed by atoms with van der Waals surface area (Å²) in [7, 11) is 0. The number of fused-ring (bicyclic) bond motifs is 1. The van der Waals surface area contributed by atoms with Crippen molar-refractivity contribution in [2.75, 3.05) is 13.1 Å². The second kappa shape index (κ2) is 4.83. The first-order valence-electron chi connectivity index (χ1n) is 7.57. The molecule has 0 spiro atoms. The molecule has 5 heteroatoms. The molecule has 2 aromatic rings. The van der Waals surface area contributed by atoms with E-state index in [4.69, 9.17) is 4.98 Å². The van der Waals surface area contributed by atoms with Gasteiger partial charge in [-0.25, -0.2) is 4.98 Å². The minimum Gasteiger partial charge on any atom is -0.393 e. The fourth-order valence-electron chi connectivity index (χ4n) is 3.30. The normalized spacial score (nSPS) is 25.6. The van der Waals surface area contributed by atoms with Crippen molar-refractivity contribution in [3.8, 4) is 0 Å². The number of rotatable bonds is 4. The molecule has 1 aliphatic heterocycles. The van der Waals surface area contributed by atoms with Crippen LogP contribution in [0.3, 0.4) is 0 Å². The first kappa shape index (κ1) is 12.8. The SMILES string of the molecule is CC(O)C1CCN(Cc2c(C3CC3)nc3sccn23)C1. The maximum Gasteiger partial charge on any atom is 0.194 e. The zero-order chi connectivity index (χ0) is 13.7. The summed E-state index contributed by atoms with van der Waals surface area (Å²) in [5.74, 6) is 1.14. The van der Waals surface area contributed by atoms with Gasteiger partial charge in [0, 0.05) is 30.6 Å². The summed E-state index contributed by atoms with van der Waals surface area (Å²) in [6.07, 6.45) is 5.68. The Morgan fingerprint density at radius 1 is 1.45 bits per heavy atom. The van der Waals surface area contributed by atoms with E-state index in [1.54, 1.807) is 11.3 Å². The van der Waals surface area contributed by atoms with Crippen molar-refractivity contribution in [3.05, 3.63) is 23.0 Å². The predicted octanol–water partition coefficient (Wildman–Crippen LogP) is 2.48. The number of hydrogen-bond donors (Lipinski definition) is 1. The van der Waals surface area contributed by atoms with E-state index in [1.807, 2.05) is 6.92 Å². The standard InChI is InChI=1S/C15H21N3OS/c1-10(19)12-4-5-17(8-12)9-13-14(11-2-3-11)16-15-18(13)6-7-20-15/h6-7,10-12,19H,2-5,8-9H2,1H3. The monoisotopic (exact) mass is 291 g/mol. The molecule has 2 fully saturated rings. The van der Waals surface area contributed by atoms with Crippen LogP contribution in [-0.4, -0.2) is 38.6 Å². The molecule has 1 saturated carbocycles. The van der Waals surface area contributed by atoms with Gasteiger partial charge in [-0.15, -0.1) is 11.3 Å². The van der Waals surface area contributed by atoms with Crippen LogP contribution in [0.1, 0.15) is 43.5 Å². The van der Waals surface area contributed by atoms with Crippen molar-refractivity contribution in [1.29, 1.82) is 0 Å². The number of nitrogens with zero attached hydrogens (tertiary/aromatic N) is 3. The van der Waals surface area contributed by atoms with Crippen LogP contribution in [0.25, 0.3) is 4.96 Å². The molecule has 3 heterocycles. The number of aromatic nitrogens is 2. The number of aliphatic hydroxyl groups excluding tert-OH is 1. The van der Waals surface area contributed by atoms with Crippen LogP contribution in [0.2, 0.25) is 0 Å². The second-order valence-corrected chi connectivity index (χ2v) is 7.17. The molecule has 2 aromatic heterocycles. The van der Waals surface area contributed by atoms with Gasteiger partial charge in [-0.2, -0.15) is 0 Å². The molecule has 0 bridgehead atoms. The molecule has 0 radical (unpaired) electrons. The van der Waals surface area contributed by atoms with E-state index in [9.17, 15) is 5.11 Å². The van der Waals surface area contributed by atoms with Crippen molar-refractivity contribution in [3.63, 3.8) is 0 Å². The van der Waals surface area contributed by atoms with Crippen molar-refractivity contribution in [1.82, 2.24) is 14.3 Å². The largest absolute Gasteiger partial charge is 0.393 e. The summed E-state index contributed by atoms with van der Waals surface area (Å²) in [5, 5.41) is 11.9. The Morgan fingerprint density at radius 2 is 2.30 bits per heavy atom. The minimum atomic E-state index is -0.186. The smallest absolute Gasteiger partial charge is 0.194 e. The average molecular weight is 291 g/mol. The average Bonchev–Trinajstić information content (AvgIpc) is 2.88.